The number of carbonyl (C=O) groups is 2. The van der Waals surface area contributed by atoms with E-state index in [9.17, 15) is 9.59 Å². The Kier molecular flexibility index (Phi) is 6.86. The monoisotopic (exact) mass is 402 g/mol. The normalized spacial score (nSPS) is 11.4. The molecule has 0 unspecified atom stereocenters. The third kappa shape index (κ3) is 5.26. The second kappa shape index (κ2) is 9.74. The van der Waals surface area contributed by atoms with Gasteiger partial charge in [0.1, 0.15) is 5.75 Å². The van der Waals surface area contributed by atoms with Crippen molar-refractivity contribution in [2.24, 2.45) is 0 Å². The minimum Gasteiger partial charge on any atom is -0.483 e. The third-order valence-electron chi connectivity index (χ3n) is 4.85. The van der Waals surface area contributed by atoms with Crippen molar-refractivity contribution in [1.29, 1.82) is 0 Å². The average molecular weight is 402 g/mol. The van der Waals surface area contributed by atoms with Crippen LogP contribution in [0.1, 0.15) is 28.9 Å². The van der Waals surface area contributed by atoms with Crippen LogP contribution in [-0.4, -0.2) is 37.4 Å². The SMILES string of the molecule is C[C@@H](NC(=O)c1ccccc1OCC(=O)N(C)C)c1ccc(-c2ccccc2)cc1. The summed E-state index contributed by atoms with van der Waals surface area (Å²) in [6.07, 6.45) is 0. The molecule has 0 aliphatic carbocycles. The summed E-state index contributed by atoms with van der Waals surface area (Å²) in [6.45, 7) is 1.82. The number of likely N-dealkylation sites (N-methyl/N-ethyl adjacent to an activating group) is 1. The summed E-state index contributed by atoms with van der Waals surface area (Å²) >= 11 is 0. The lowest BCUT2D eigenvalue weighted by Gasteiger charge is -2.17. The summed E-state index contributed by atoms with van der Waals surface area (Å²) in [7, 11) is 3.32. The Labute approximate surface area is 177 Å². The molecule has 1 atom stereocenters. The molecule has 2 amide bonds. The van der Waals surface area contributed by atoms with E-state index < -0.39 is 0 Å². The Bertz CT molecular complexity index is 998. The molecule has 0 fully saturated rings. The topological polar surface area (TPSA) is 58.6 Å². The van der Waals surface area contributed by atoms with Crippen LogP contribution in [-0.2, 0) is 4.79 Å². The van der Waals surface area contributed by atoms with E-state index in [1.807, 2.05) is 37.3 Å². The molecule has 0 saturated heterocycles. The molecule has 0 saturated carbocycles. The van der Waals surface area contributed by atoms with Crippen LogP contribution in [0.15, 0.2) is 78.9 Å². The summed E-state index contributed by atoms with van der Waals surface area (Å²) in [4.78, 5) is 26.1. The standard InChI is InChI=1S/C25H26N2O3/c1-18(19-13-15-21(16-14-19)20-9-5-4-6-10-20)26-25(29)22-11-7-8-12-23(22)30-17-24(28)27(2)3/h4-16,18H,17H2,1-3H3,(H,26,29)/t18-/m1/s1. The van der Waals surface area contributed by atoms with E-state index in [4.69, 9.17) is 4.74 Å². The zero-order valence-corrected chi connectivity index (χ0v) is 17.5. The molecule has 0 aliphatic rings. The number of ether oxygens (including phenoxy) is 1. The number of nitrogens with one attached hydrogen (secondary N) is 1. The Hall–Kier alpha value is -3.60. The molecule has 0 heterocycles. The van der Waals surface area contributed by atoms with Crippen molar-refractivity contribution in [2.45, 2.75) is 13.0 Å². The zero-order valence-electron chi connectivity index (χ0n) is 17.5. The van der Waals surface area contributed by atoms with E-state index in [0.717, 1.165) is 16.7 Å². The van der Waals surface area contributed by atoms with Crippen LogP contribution in [0.5, 0.6) is 5.75 Å². The van der Waals surface area contributed by atoms with Crippen molar-refractivity contribution in [3.8, 4) is 16.9 Å². The molecule has 3 aromatic rings. The van der Waals surface area contributed by atoms with E-state index in [-0.39, 0.29) is 24.5 Å². The molecular weight excluding hydrogens is 376 g/mol. The maximum Gasteiger partial charge on any atom is 0.259 e. The van der Waals surface area contributed by atoms with E-state index in [2.05, 4.69) is 29.6 Å². The molecular formula is C25H26N2O3. The van der Waals surface area contributed by atoms with Gasteiger partial charge in [0.2, 0.25) is 0 Å². The first-order valence-electron chi connectivity index (χ1n) is 9.84. The van der Waals surface area contributed by atoms with Gasteiger partial charge in [-0.15, -0.1) is 0 Å². The fourth-order valence-electron chi connectivity index (χ4n) is 3.00. The van der Waals surface area contributed by atoms with Gasteiger partial charge < -0.3 is 15.0 Å². The first-order valence-corrected chi connectivity index (χ1v) is 9.84. The van der Waals surface area contributed by atoms with Crippen LogP contribution in [0, 0.1) is 0 Å². The number of hydrogen-bond acceptors (Lipinski definition) is 3. The molecule has 5 nitrogen and oxygen atoms in total. The number of hydrogen-bond donors (Lipinski definition) is 1. The second-order valence-corrected chi connectivity index (χ2v) is 7.26. The predicted molar refractivity (Wildman–Crippen MR) is 118 cm³/mol. The largest absolute Gasteiger partial charge is 0.483 e. The Morgan fingerprint density at radius 2 is 1.47 bits per heavy atom. The number of nitrogens with zero attached hydrogens (tertiary/aromatic N) is 1. The second-order valence-electron chi connectivity index (χ2n) is 7.26. The minimum absolute atomic E-state index is 0.117. The van der Waals surface area contributed by atoms with Gasteiger partial charge in [0.25, 0.3) is 11.8 Å². The maximum atomic E-state index is 12.8. The molecule has 0 aliphatic heterocycles. The third-order valence-corrected chi connectivity index (χ3v) is 4.85. The first-order chi connectivity index (χ1) is 14.5. The number of carbonyl (C=O) groups excluding carboxylic acids is 2. The molecule has 5 heteroatoms. The molecule has 0 aromatic heterocycles. The van der Waals surface area contributed by atoms with Gasteiger partial charge >= 0.3 is 0 Å². The van der Waals surface area contributed by atoms with Gasteiger partial charge in [-0.25, -0.2) is 0 Å². The summed E-state index contributed by atoms with van der Waals surface area (Å²) in [6, 6.07) is 25.0. The molecule has 30 heavy (non-hydrogen) atoms. The number of rotatable bonds is 7. The van der Waals surface area contributed by atoms with Gasteiger partial charge in [0.05, 0.1) is 11.6 Å². The highest BCUT2D eigenvalue weighted by molar-refractivity contribution is 5.97. The van der Waals surface area contributed by atoms with Gasteiger partial charge in [0.15, 0.2) is 6.61 Å². The van der Waals surface area contributed by atoms with Crippen LogP contribution in [0.3, 0.4) is 0 Å². The van der Waals surface area contributed by atoms with Gasteiger partial charge in [0, 0.05) is 14.1 Å². The summed E-state index contributed by atoms with van der Waals surface area (Å²) in [5.41, 5.74) is 3.68. The molecule has 0 bridgehead atoms. The molecule has 154 valence electrons. The minimum atomic E-state index is -0.248. The van der Waals surface area contributed by atoms with E-state index in [1.165, 1.54) is 4.90 Å². The first kappa shape index (κ1) is 21.1. The summed E-state index contributed by atoms with van der Waals surface area (Å²) < 4.78 is 5.58. The van der Waals surface area contributed by atoms with Crippen molar-refractivity contribution >= 4 is 11.8 Å². The Morgan fingerprint density at radius 3 is 2.13 bits per heavy atom. The van der Waals surface area contributed by atoms with Gasteiger partial charge in [-0.3, -0.25) is 9.59 Å². The lowest BCUT2D eigenvalue weighted by Crippen LogP contribution is -2.29. The van der Waals surface area contributed by atoms with Crippen molar-refractivity contribution in [1.82, 2.24) is 10.2 Å². The molecule has 0 spiro atoms. The number of amides is 2. The molecule has 1 N–H and O–H groups in total. The Balaban J connectivity index is 1.68. The van der Waals surface area contributed by atoms with Gasteiger partial charge in [-0.05, 0) is 35.7 Å². The van der Waals surface area contributed by atoms with Crippen molar-refractivity contribution in [2.75, 3.05) is 20.7 Å². The average Bonchev–Trinajstić information content (AvgIpc) is 2.78. The van der Waals surface area contributed by atoms with Gasteiger partial charge in [-0.2, -0.15) is 0 Å². The fourth-order valence-corrected chi connectivity index (χ4v) is 3.00. The number of para-hydroxylation sites is 1. The van der Waals surface area contributed by atoms with E-state index >= 15 is 0 Å². The van der Waals surface area contributed by atoms with Crippen LogP contribution in [0.2, 0.25) is 0 Å². The van der Waals surface area contributed by atoms with Crippen molar-refractivity contribution < 1.29 is 14.3 Å². The molecule has 0 radical (unpaired) electrons. The lowest BCUT2D eigenvalue weighted by atomic mass is 10.0. The Morgan fingerprint density at radius 1 is 0.867 bits per heavy atom. The van der Waals surface area contributed by atoms with Crippen LogP contribution in [0.4, 0.5) is 0 Å². The molecule has 3 rings (SSSR count). The smallest absolute Gasteiger partial charge is 0.259 e. The van der Waals surface area contributed by atoms with Gasteiger partial charge in [-0.1, -0.05) is 66.7 Å². The maximum absolute atomic E-state index is 12.8. The highest BCUT2D eigenvalue weighted by Crippen LogP contribution is 2.23. The zero-order chi connectivity index (χ0) is 21.5. The summed E-state index contributed by atoms with van der Waals surface area (Å²) in [5.74, 6) is -0.0311. The van der Waals surface area contributed by atoms with E-state index in [0.29, 0.717) is 11.3 Å². The lowest BCUT2D eigenvalue weighted by molar-refractivity contribution is -0.130. The summed E-state index contributed by atoms with van der Waals surface area (Å²) in [5, 5.41) is 3.01. The van der Waals surface area contributed by atoms with Crippen molar-refractivity contribution in [3.63, 3.8) is 0 Å². The van der Waals surface area contributed by atoms with E-state index in [1.54, 1.807) is 38.4 Å². The predicted octanol–water partition coefficient (Wildman–Crippen LogP) is 4.31. The highest BCUT2D eigenvalue weighted by atomic mass is 16.5. The quantitative estimate of drug-likeness (QED) is 0.641. The molecule has 3 aromatic carbocycles. The van der Waals surface area contributed by atoms with Crippen molar-refractivity contribution in [3.05, 3.63) is 90.0 Å². The van der Waals surface area contributed by atoms with Crippen LogP contribution in [0.25, 0.3) is 11.1 Å². The number of benzene rings is 3. The van der Waals surface area contributed by atoms with Crippen LogP contribution >= 0.6 is 0 Å². The fraction of sp³-hybridized carbons (Fsp3) is 0.200. The highest BCUT2D eigenvalue weighted by Gasteiger charge is 2.16. The van der Waals surface area contributed by atoms with Crippen LogP contribution < -0.4 is 10.1 Å².